The second-order valence-corrected chi connectivity index (χ2v) is 9.45. The van der Waals surface area contributed by atoms with Gasteiger partial charge in [0.25, 0.3) is 5.91 Å². The molecular weight excluding hydrogens is 575 g/mol. The lowest BCUT2D eigenvalue weighted by molar-refractivity contribution is -0.139. The van der Waals surface area contributed by atoms with Crippen LogP contribution in [0.25, 0.3) is 11.3 Å². The Labute approximate surface area is 245 Å². The molecule has 3 N–H and O–H groups in total. The van der Waals surface area contributed by atoms with Gasteiger partial charge in [-0.25, -0.2) is 15.0 Å². The Bertz CT molecular complexity index is 1530. The summed E-state index contributed by atoms with van der Waals surface area (Å²) in [5, 5.41) is 10.2. The number of hydrogen-bond donors (Lipinski definition) is 3. The molecule has 1 atom stereocenters. The van der Waals surface area contributed by atoms with Crippen LogP contribution in [0.1, 0.15) is 31.2 Å². The van der Waals surface area contributed by atoms with Crippen molar-refractivity contribution in [2.45, 2.75) is 19.9 Å². The van der Waals surface area contributed by atoms with Crippen LogP contribution < -0.4 is 25.5 Å². The van der Waals surface area contributed by atoms with E-state index in [1.807, 2.05) is 0 Å². The third kappa shape index (κ3) is 7.19. The summed E-state index contributed by atoms with van der Waals surface area (Å²) in [6.45, 7) is 3.12. The highest BCUT2D eigenvalue weighted by molar-refractivity contribution is 6.35. The van der Waals surface area contributed by atoms with Crippen LogP contribution in [0.3, 0.4) is 0 Å². The summed E-state index contributed by atoms with van der Waals surface area (Å²) in [6, 6.07) is 12.0. The maximum Gasteiger partial charge on any atom is 0.338 e. The zero-order valence-electron chi connectivity index (χ0n) is 22.2. The zero-order chi connectivity index (χ0) is 29.5. The van der Waals surface area contributed by atoms with E-state index in [4.69, 9.17) is 41.8 Å². The lowest BCUT2D eigenvalue weighted by atomic mass is 9.95. The minimum Gasteiger partial charge on any atom is -0.493 e. The molecule has 0 spiro atoms. The van der Waals surface area contributed by atoms with Gasteiger partial charge in [-0.2, -0.15) is 5.10 Å². The molecule has 13 heteroatoms. The number of carbonyl (C=O) groups excluding carboxylic acids is 3. The van der Waals surface area contributed by atoms with E-state index < -0.39 is 23.9 Å². The number of hydrogen-bond acceptors (Lipinski definition) is 8. The monoisotopic (exact) mass is 600 g/mol. The topological polar surface area (TPSA) is 140 Å². The fourth-order valence-electron chi connectivity index (χ4n) is 4.00. The summed E-state index contributed by atoms with van der Waals surface area (Å²) in [4.78, 5) is 37.0. The van der Waals surface area contributed by atoms with E-state index in [2.05, 4.69) is 21.2 Å². The van der Waals surface area contributed by atoms with Gasteiger partial charge in [-0.1, -0.05) is 29.3 Å². The van der Waals surface area contributed by atoms with Crippen molar-refractivity contribution in [3.8, 4) is 22.8 Å². The molecule has 3 amide bonds. The number of halogens is 2. The minimum atomic E-state index is -0.777. The normalized spacial score (nSPS) is 14.9. The Hall–Kier alpha value is -4.48. The van der Waals surface area contributed by atoms with Crippen molar-refractivity contribution in [1.29, 1.82) is 0 Å². The fraction of sp³-hybridized carbons (Fsp3) is 0.214. The fourth-order valence-corrected chi connectivity index (χ4v) is 4.39. The molecule has 0 saturated heterocycles. The van der Waals surface area contributed by atoms with Gasteiger partial charge in [-0.15, -0.1) is 0 Å². The number of ether oxygens (including phenoxy) is 3. The van der Waals surface area contributed by atoms with Crippen LogP contribution >= 0.6 is 23.2 Å². The van der Waals surface area contributed by atoms with Crippen LogP contribution in [0.5, 0.6) is 11.5 Å². The summed E-state index contributed by atoms with van der Waals surface area (Å²) >= 11 is 12.2. The molecule has 4 rings (SSSR count). The van der Waals surface area contributed by atoms with Gasteiger partial charge in [0.15, 0.2) is 18.1 Å². The Morgan fingerprint density at radius 3 is 2.68 bits per heavy atom. The van der Waals surface area contributed by atoms with Crippen LogP contribution in [0, 0.1) is 0 Å². The first-order valence-electron chi connectivity index (χ1n) is 12.3. The standard InChI is InChI=1S/C28H26Cl2N4O7/c1-4-39-27(36)25-15(2)32-28(37)33-26(25)16-5-9-22(23(11-16)38-3)40-14-24(35)34-31-13-18-7-10-21(41-18)19-12-17(29)6-8-20(19)30/h5-13,26H,4,14H2,1-3H3,(H,34,35)(H2,32,33,37)/b31-13-/t26-/m0/s1. The Morgan fingerprint density at radius 1 is 1.12 bits per heavy atom. The molecule has 1 aliphatic rings. The molecule has 41 heavy (non-hydrogen) atoms. The van der Waals surface area contributed by atoms with E-state index in [1.54, 1.807) is 62.4 Å². The van der Waals surface area contributed by atoms with Crippen molar-refractivity contribution in [3.05, 3.63) is 81.2 Å². The highest BCUT2D eigenvalue weighted by Crippen LogP contribution is 2.35. The second kappa shape index (κ2) is 13.2. The average Bonchev–Trinajstić information content (AvgIpc) is 3.41. The van der Waals surface area contributed by atoms with E-state index >= 15 is 0 Å². The smallest absolute Gasteiger partial charge is 0.338 e. The van der Waals surface area contributed by atoms with Crippen LogP contribution in [0.4, 0.5) is 4.79 Å². The van der Waals surface area contributed by atoms with Gasteiger partial charge < -0.3 is 29.3 Å². The molecule has 0 unspecified atom stereocenters. The number of carbonyl (C=O) groups is 3. The molecule has 1 aliphatic heterocycles. The predicted molar refractivity (Wildman–Crippen MR) is 152 cm³/mol. The largest absolute Gasteiger partial charge is 0.493 e. The van der Waals surface area contributed by atoms with Crippen LogP contribution in [0.2, 0.25) is 10.0 Å². The number of nitrogens with zero attached hydrogens (tertiary/aromatic N) is 1. The van der Waals surface area contributed by atoms with E-state index in [9.17, 15) is 14.4 Å². The summed E-state index contributed by atoms with van der Waals surface area (Å²) in [5.74, 6) is 0.335. The van der Waals surface area contributed by atoms with Gasteiger partial charge in [0.05, 0.1) is 36.6 Å². The molecular formula is C28H26Cl2N4O7. The van der Waals surface area contributed by atoms with E-state index in [0.717, 1.165) is 0 Å². The SMILES string of the molecule is CCOC(=O)C1=C(C)NC(=O)N[C@H]1c1ccc(OCC(=O)N/N=C\c2ccc(-c3cc(Cl)ccc3Cl)o2)c(OC)c1. The van der Waals surface area contributed by atoms with Crippen molar-refractivity contribution in [2.24, 2.45) is 5.10 Å². The average molecular weight is 601 g/mol. The van der Waals surface area contributed by atoms with E-state index in [1.165, 1.54) is 13.3 Å². The minimum absolute atomic E-state index is 0.179. The maximum atomic E-state index is 12.6. The quantitative estimate of drug-likeness (QED) is 0.169. The van der Waals surface area contributed by atoms with Crippen molar-refractivity contribution in [2.75, 3.05) is 20.3 Å². The highest BCUT2D eigenvalue weighted by atomic mass is 35.5. The van der Waals surface area contributed by atoms with E-state index in [0.29, 0.717) is 38.4 Å². The molecule has 2 heterocycles. The Kier molecular flexibility index (Phi) is 9.53. The number of esters is 1. The van der Waals surface area contributed by atoms with Gasteiger partial charge in [0, 0.05) is 16.3 Å². The molecule has 0 fully saturated rings. The van der Waals surface area contributed by atoms with Crippen molar-refractivity contribution in [1.82, 2.24) is 16.1 Å². The molecule has 1 aromatic heterocycles. The lowest BCUT2D eigenvalue weighted by Crippen LogP contribution is -2.45. The molecule has 0 bridgehead atoms. The Morgan fingerprint density at radius 2 is 1.93 bits per heavy atom. The van der Waals surface area contributed by atoms with E-state index in [-0.39, 0.29) is 30.3 Å². The number of urea groups is 1. The van der Waals surface area contributed by atoms with Crippen LogP contribution in [-0.4, -0.2) is 44.4 Å². The number of benzene rings is 2. The molecule has 0 radical (unpaired) electrons. The number of allylic oxidation sites excluding steroid dienone is 1. The highest BCUT2D eigenvalue weighted by Gasteiger charge is 2.32. The number of methoxy groups -OCH3 is 1. The summed E-state index contributed by atoms with van der Waals surface area (Å²) in [6.07, 6.45) is 1.33. The van der Waals surface area contributed by atoms with Crippen LogP contribution in [0.15, 0.2) is 69.3 Å². The summed E-state index contributed by atoms with van der Waals surface area (Å²) < 4.78 is 21.9. The number of amides is 3. The molecule has 214 valence electrons. The summed E-state index contributed by atoms with van der Waals surface area (Å²) in [7, 11) is 1.43. The van der Waals surface area contributed by atoms with Crippen molar-refractivity contribution in [3.63, 3.8) is 0 Å². The lowest BCUT2D eigenvalue weighted by Gasteiger charge is -2.28. The van der Waals surface area contributed by atoms with Gasteiger partial charge in [-0.05, 0) is 61.9 Å². The van der Waals surface area contributed by atoms with Gasteiger partial charge in [0.1, 0.15) is 11.5 Å². The first-order chi connectivity index (χ1) is 19.7. The molecule has 2 aromatic carbocycles. The molecule has 0 aliphatic carbocycles. The molecule has 3 aromatic rings. The molecule has 0 saturated carbocycles. The van der Waals surface area contributed by atoms with Crippen molar-refractivity contribution >= 4 is 47.3 Å². The van der Waals surface area contributed by atoms with Gasteiger partial charge >= 0.3 is 12.0 Å². The second-order valence-electron chi connectivity index (χ2n) is 8.61. The van der Waals surface area contributed by atoms with Crippen LogP contribution in [-0.2, 0) is 14.3 Å². The predicted octanol–water partition coefficient (Wildman–Crippen LogP) is 4.98. The number of rotatable bonds is 10. The first-order valence-corrected chi connectivity index (χ1v) is 13.1. The van der Waals surface area contributed by atoms with Gasteiger partial charge in [-0.3, -0.25) is 4.79 Å². The molecule has 11 nitrogen and oxygen atoms in total. The zero-order valence-corrected chi connectivity index (χ0v) is 23.8. The number of furan rings is 1. The maximum absolute atomic E-state index is 12.6. The van der Waals surface area contributed by atoms with Gasteiger partial charge in [0.2, 0.25) is 0 Å². The van der Waals surface area contributed by atoms with Crippen molar-refractivity contribution < 1.29 is 33.0 Å². The third-order valence-corrected chi connectivity index (χ3v) is 6.41. The summed E-state index contributed by atoms with van der Waals surface area (Å²) in [5.41, 5.74) is 4.18. The number of hydrazone groups is 1. The number of nitrogens with one attached hydrogen (secondary N) is 3. The Balaban J connectivity index is 1.38. The first kappa shape index (κ1) is 29.5. The third-order valence-electron chi connectivity index (χ3n) is 5.85.